The van der Waals surface area contributed by atoms with E-state index in [1.165, 1.54) is 0 Å². The summed E-state index contributed by atoms with van der Waals surface area (Å²) < 4.78 is 5.38. The van der Waals surface area contributed by atoms with Crippen LogP contribution in [-0.4, -0.2) is 5.97 Å². The van der Waals surface area contributed by atoms with Crippen LogP contribution in [0.25, 0.3) is 5.57 Å². The van der Waals surface area contributed by atoms with Crippen LogP contribution in [0.1, 0.15) is 18.9 Å². The smallest absolute Gasteiger partial charge is 0.343 e. The SMILES string of the molecule is CCC=C(C(=O)Oc1ccccc1)c1ccccc1. The molecule has 0 saturated heterocycles. The van der Waals surface area contributed by atoms with Gasteiger partial charge in [-0.05, 0) is 24.1 Å². The average Bonchev–Trinajstić information content (AvgIpc) is 2.46. The fourth-order valence-corrected chi connectivity index (χ4v) is 1.79. The van der Waals surface area contributed by atoms with Gasteiger partial charge >= 0.3 is 5.97 Å². The second-order valence-corrected chi connectivity index (χ2v) is 4.09. The number of carbonyl (C=O) groups is 1. The predicted molar refractivity (Wildman–Crippen MR) is 76.8 cm³/mol. The van der Waals surface area contributed by atoms with Gasteiger partial charge in [0.05, 0.1) is 5.57 Å². The third kappa shape index (κ3) is 3.55. The van der Waals surface area contributed by atoms with Gasteiger partial charge in [0.25, 0.3) is 0 Å². The maximum atomic E-state index is 12.2. The van der Waals surface area contributed by atoms with E-state index < -0.39 is 0 Å². The zero-order chi connectivity index (χ0) is 13.5. The van der Waals surface area contributed by atoms with Crippen molar-refractivity contribution in [3.8, 4) is 5.75 Å². The summed E-state index contributed by atoms with van der Waals surface area (Å²) in [6.07, 6.45) is 2.68. The summed E-state index contributed by atoms with van der Waals surface area (Å²) in [5.41, 5.74) is 1.48. The molecular formula is C17H16O2. The molecule has 0 amide bonds. The van der Waals surface area contributed by atoms with Gasteiger partial charge in [-0.25, -0.2) is 4.79 Å². The molecule has 2 nitrogen and oxygen atoms in total. The molecule has 0 bridgehead atoms. The van der Waals surface area contributed by atoms with Gasteiger partial charge in [0, 0.05) is 0 Å². The summed E-state index contributed by atoms with van der Waals surface area (Å²) in [7, 11) is 0. The van der Waals surface area contributed by atoms with Crippen molar-refractivity contribution >= 4 is 11.5 Å². The van der Waals surface area contributed by atoms with Gasteiger partial charge in [0.15, 0.2) is 0 Å². The first kappa shape index (κ1) is 13.1. The van der Waals surface area contributed by atoms with Gasteiger partial charge in [-0.15, -0.1) is 0 Å². The Labute approximate surface area is 113 Å². The van der Waals surface area contributed by atoms with Crippen LogP contribution in [0.3, 0.4) is 0 Å². The number of esters is 1. The Morgan fingerprint density at radius 3 is 2.16 bits per heavy atom. The topological polar surface area (TPSA) is 26.3 Å². The molecule has 0 heterocycles. The number of carbonyl (C=O) groups excluding carboxylic acids is 1. The van der Waals surface area contributed by atoms with Gasteiger partial charge in [0.1, 0.15) is 5.75 Å². The van der Waals surface area contributed by atoms with E-state index in [-0.39, 0.29) is 5.97 Å². The molecule has 2 rings (SSSR count). The quantitative estimate of drug-likeness (QED) is 0.465. The monoisotopic (exact) mass is 252 g/mol. The Morgan fingerprint density at radius 2 is 1.58 bits per heavy atom. The largest absolute Gasteiger partial charge is 0.423 e. The highest BCUT2D eigenvalue weighted by atomic mass is 16.5. The second kappa shape index (κ2) is 6.55. The molecule has 96 valence electrons. The molecular weight excluding hydrogens is 236 g/mol. The van der Waals surface area contributed by atoms with Crippen LogP contribution in [0.5, 0.6) is 5.75 Å². The second-order valence-electron chi connectivity index (χ2n) is 4.09. The highest BCUT2D eigenvalue weighted by Gasteiger charge is 2.13. The number of allylic oxidation sites excluding steroid dienone is 1. The molecule has 0 spiro atoms. The van der Waals surface area contributed by atoms with E-state index in [9.17, 15) is 4.79 Å². The Balaban J connectivity index is 2.21. The number of hydrogen-bond acceptors (Lipinski definition) is 2. The minimum atomic E-state index is -0.320. The minimum Gasteiger partial charge on any atom is -0.423 e. The molecule has 2 aromatic carbocycles. The Bertz CT molecular complexity index is 556. The molecule has 0 N–H and O–H groups in total. The van der Waals surface area contributed by atoms with Gasteiger partial charge in [0.2, 0.25) is 0 Å². The molecule has 0 aliphatic carbocycles. The lowest BCUT2D eigenvalue weighted by atomic mass is 10.1. The summed E-state index contributed by atoms with van der Waals surface area (Å²) in [5, 5.41) is 0. The molecule has 0 radical (unpaired) electrons. The fraction of sp³-hybridized carbons (Fsp3) is 0.118. The van der Waals surface area contributed by atoms with E-state index in [0.29, 0.717) is 11.3 Å². The lowest BCUT2D eigenvalue weighted by Crippen LogP contribution is -2.10. The molecule has 19 heavy (non-hydrogen) atoms. The molecule has 0 fully saturated rings. The summed E-state index contributed by atoms with van der Waals surface area (Å²) in [6, 6.07) is 18.7. The van der Waals surface area contributed by atoms with Crippen molar-refractivity contribution in [3.63, 3.8) is 0 Å². The van der Waals surface area contributed by atoms with Crippen LogP contribution >= 0.6 is 0 Å². The molecule has 0 aromatic heterocycles. The van der Waals surface area contributed by atoms with E-state index in [1.807, 2.05) is 61.5 Å². The van der Waals surface area contributed by atoms with Crippen molar-refractivity contribution in [1.82, 2.24) is 0 Å². The Kier molecular flexibility index (Phi) is 4.51. The summed E-state index contributed by atoms with van der Waals surface area (Å²) >= 11 is 0. The summed E-state index contributed by atoms with van der Waals surface area (Å²) in [6.45, 7) is 2.00. The molecule has 0 saturated carbocycles. The first-order valence-electron chi connectivity index (χ1n) is 6.34. The van der Waals surface area contributed by atoms with Gasteiger partial charge in [-0.1, -0.05) is 61.5 Å². The van der Waals surface area contributed by atoms with Crippen LogP contribution in [0.15, 0.2) is 66.7 Å². The molecule has 0 aliphatic rings. The van der Waals surface area contributed by atoms with E-state index in [1.54, 1.807) is 12.1 Å². The number of ether oxygens (including phenoxy) is 1. The van der Waals surface area contributed by atoms with E-state index >= 15 is 0 Å². The number of benzene rings is 2. The minimum absolute atomic E-state index is 0.320. The van der Waals surface area contributed by atoms with Gasteiger partial charge in [-0.2, -0.15) is 0 Å². The van der Waals surface area contributed by atoms with Crippen molar-refractivity contribution in [2.24, 2.45) is 0 Å². The molecule has 0 atom stereocenters. The van der Waals surface area contributed by atoms with E-state index in [2.05, 4.69) is 0 Å². The number of para-hydroxylation sites is 1. The third-order valence-electron chi connectivity index (χ3n) is 2.67. The normalized spacial score (nSPS) is 11.1. The standard InChI is InChI=1S/C17H16O2/c1-2-9-16(14-10-5-3-6-11-14)17(18)19-15-12-7-4-8-13-15/h3-13H,2H2,1H3. The van der Waals surface area contributed by atoms with Crippen LogP contribution in [0.2, 0.25) is 0 Å². The number of hydrogen-bond donors (Lipinski definition) is 0. The third-order valence-corrected chi connectivity index (χ3v) is 2.67. The van der Waals surface area contributed by atoms with Gasteiger partial charge in [-0.3, -0.25) is 0 Å². The summed E-state index contributed by atoms with van der Waals surface area (Å²) in [5.74, 6) is 0.240. The highest BCUT2D eigenvalue weighted by Crippen LogP contribution is 2.19. The van der Waals surface area contributed by atoms with Crippen molar-refractivity contribution in [1.29, 1.82) is 0 Å². The van der Waals surface area contributed by atoms with E-state index in [0.717, 1.165) is 12.0 Å². The van der Waals surface area contributed by atoms with Crippen molar-refractivity contribution < 1.29 is 9.53 Å². The average molecular weight is 252 g/mol. The van der Waals surface area contributed by atoms with Crippen molar-refractivity contribution in [2.45, 2.75) is 13.3 Å². The predicted octanol–water partition coefficient (Wildman–Crippen LogP) is 4.09. The lowest BCUT2D eigenvalue weighted by Gasteiger charge is -2.08. The zero-order valence-corrected chi connectivity index (χ0v) is 10.9. The summed E-state index contributed by atoms with van der Waals surface area (Å²) in [4.78, 5) is 12.2. The van der Waals surface area contributed by atoms with Crippen molar-refractivity contribution in [3.05, 3.63) is 72.3 Å². The first-order valence-corrected chi connectivity index (χ1v) is 6.34. The fourth-order valence-electron chi connectivity index (χ4n) is 1.79. The highest BCUT2D eigenvalue weighted by molar-refractivity contribution is 6.17. The first-order chi connectivity index (χ1) is 9.31. The van der Waals surface area contributed by atoms with Crippen LogP contribution in [0.4, 0.5) is 0 Å². The molecule has 0 unspecified atom stereocenters. The van der Waals surface area contributed by atoms with E-state index in [4.69, 9.17) is 4.74 Å². The Morgan fingerprint density at radius 1 is 1.00 bits per heavy atom. The van der Waals surface area contributed by atoms with Gasteiger partial charge < -0.3 is 4.74 Å². The van der Waals surface area contributed by atoms with Crippen LogP contribution in [-0.2, 0) is 4.79 Å². The molecule has 2 aromatic rings. The maximum Gasteiger partial charge on any atom is 0.343 e. The van der Waals surface area contributed by atoms with Crippen LogP contribution < -0.4 is 4.74 Å². The van der Waals surface area contributed by atoms with Crippen LogP contribution in [0, 0.1) is 0 Å². The lowest BCUT2D eigenvalue weighted by molar-refractivity contribution is -0.127. The maximum absolute atomic E-state index is 12.2. The zero-order valence-electron chi connectivity index (χ0n) is 10.9. The number of rotatable bonds is 4. The molecule has 0 aliphatic heterocycles. The molecule has 2 heteroatoms. The van der Waals surface area contributed by atoms with Crippen molar-refractivity contribution in [2.75, 3.05) is 0 Å². The Hall–Kier alpha value is -2.35.